The van der Waals surface area contributed by atoms with Crippen LogP contribution in [0.25, 0.3) is 0 Å². The first-order valence-electron chi connectivity index (χ1n) is 9.68. The number of nitrogens with one attached hydrogen (secondary N) is 2. The van der Waals surface area contributed by atoms with Gasteiger partial charge in [0.05, 0.1) is 6.54 Å². The van der Waals surface area contributed by atoms with Crippen LogP contribution in [0.4, 0.5) is 4.39 Å². The van der Waals surface area contributed by atoms with Crippen LogP contribution in [0.3, 0.4) is 0 Å². The summed E-state index contributed by atoms with van der Waals surface area (Å²) in [4.78, 5) is 17.6. The largest absolute Gasteiger partial charge is 0.489 e. The highest BCUT2D eigenvalue weighted by Crippen LogP contribution is 2.14. The molecular formula is C20H34FIN4O3. The number of ether oxygens (including phenoxy) is 2. The summed E-state index contributed by atoms with van der Waals surface area (Å²) in [5.74, 6) is 0.604. The maximum Gasteiger partial charge on any atom is 0.243 e. The average molecular weight is 524 g/mol. The van der Waals surface area contributed by atoms with Gasteiger partial charge in [-0.05, 0) is 31.9 Å². The zero-order valence-corrected chi connectivity index (χ0v) is 20.1. The lowest BCUT2D eigenvalue weighted by molar-refractivity contribution is -0.127. The number of nitrogens with zero attached hydrogens (tertiary/aromatic N) is 2. The van der Waals surface area contributed by atoms with Crippen LogP contribution in [-0.2, 0) is 9.53 Å². The predicted molar refractivity (Wildman–Crippen MR) is 125 cm³/mol. The molecule has 1 amide bonds. The van der Waals surface area contributed by atoms with Gasteiger partial charge in [-0.25, -0.2) is 9.38 Å². The van der Waals surface area contributed by atoms with Crippen LogP contribution < -0.4 is 15.4 Å². The molecule has 7 nitrogen and oxygen atoms in total. The fourth-order valence-corrected chi connectivity index (χ4v) is 2.20. The number of carbonyl (C=O) groups is 1. The molecule has 2 N–H and O–H groups in total. The Balaban J connectivity index is 0.00000784. The predicted octanol–water partition coefficient (Wildman–Crippen LogP) is 2.65. The zero-order chi connectivity index (χ0) is 20.8. The van der Waals surface area contributed by atoms with Crippen LogP contribution in [0.2, 0.25) is 0 Å². The summed E-state index contributed by atoms with van der Waals surface area (Å²) in [7, 11) is 3.39. The number of benzene rings is 1. The molecule has 9 heteroatoms. The van der Waals surface area contributed by atoms with Crippen molar-refractivity contribution in [3.8, 4) is 5.75 Å². The number of rotatable bonds is 12. The lowest BCUT2D eigenvalue weighted by Crippen LogP contribution is -2.43. The van der Waals surface area contributed by atoms with Crippen molar-refractivity contribution in [2.75, 3.05) is 46.9 Å². The van der Waals surface area contributed by atoms with Gasteiger partial charge in [-0.15, -0.1) is 24.0 Å². The van der Waals surface area contributed by atoms with E-state index in [1.165, 1.54) is 17.0 Å². The first kappa shape index (κ1) is 27.4. The highest BCUT2D eigenvalue weighted by molar-refractivity contribution is 14.0. The number of guanidine groups is 1. The molecule has 0 aliphatic rings. The van der Waals surface area contributed by atoms with Crippen molar-refractivity contribution in [1.82, 2.24) is 15.5 Å². The maximum absolute atomic E-state index is 13.3. The smallest absolute Gasteiger partial charge is 0.243 e. The lowest BCUT2D eigenvalue weighted by atomic mass is 10.2. The zero-order valence-electron chi connectivity index (χ0n) is 17.7. The molecule has 0 bridgehead atoms. The van der Waals surface area contributed by atoms with Crippen molar-refractivity contribution in [2.24, 2.45) is 4.99 Å². The Kier molecular flexibility index (Phi) is 15.3. The molecule has 1 aromatic rings. The Morgan fingerprint density at radius 1 is 1.28 bits per heavy atom. The molecule has 0 saturated carbocycles. The van der Waals surface area contributed by atoms with Crippen LogP contribution in [0, 0.1) is 5.82 Å². The summed E-state index contributed by atoms with van der Waals surface area (Å²) in [6.07, 6.45) is 1.40. The van der Waals surface area contributed by atoms with Crippen LogP contribution >= 0.6 is 24.0 Å². The first-order valence-corrected chi connectivity index (χ1v) is 9.68. The van der Waals surface area contributed by atoms with Gasteiger partial charge in [0.1, 0.15) is 24.2 Å². The third-order valence-electron chi connectivity index (χ3n) is 3.88. The molecule has 0 aliphatic carbocycles. The van der Waals surface area contributed by atoms with Crippen LogP contribution in [0.1, 0.15) is 26.7 Å². The van der Waals surface area contributed by atoms with Crippen molar-refractivity contribution in [1.29, 1.82) is 0 Å². The third kappa shape index (κ3) is 12.5. The van der Waals surface area contributed by atoms with Gasteiger partial charge in [-0.1, -0.05) is 13.0 Å². The number of hydrogen-bond donors (Lipinski definition) is 2. The topological polar surface area (TPSA) is 75.2 Å². The summed E-state index contributed by atoms with van der Waals surface area (Å²) in [5, 5.41) is 6.40. The quantitative estimate of drug-likeness (QED) is 0.190. The Morgan fingerprint density at radius 2 is 2.03 bits per heavy atom. The molecule has 0 radical (unpaired) electrons. The van der Waals surface area contributed by atoms with Crippen LogP contribution in [0.15, 0.2) is 29.3 Å². The van der Waals surface area contributed by atoms with E-state index in [1.807, 2.05) is 13.8 Å². The molecule has 1 rings (SSSR count). The van der Waals surface area contributed by atoms with Crippen LogP contribution in [0.5, 0.6) is 5.75 Å². The van der Waals surface area contributed by atoms with Crippen molar-refractivity contribution >= 4 is 35.8 Å². The molecule has 1 unspecified atom stereocenters. The number of amides is 1. The van der Waals surface area contributed by atoms with Crippen molar-refractivity contribution in [3.05, 3.63) is 30.1 Å². The van der Waals surface area contributed by atoms with E-state index in [1.54, 1.807) is 26.2 Å². The average Bonchev–Trinajstić information content (AvgIpc) is 2.67. The molecule has 0 aromatic heterocycles. The molecule has 0 aliphatic heterocycles. The molecular weight excluding hydrogens is 490 g/mol. The molecule has 29 heavy (non-hydrogen) atoms. The Bertz CT molecular complexity index is 617. The summed E-state index contributed by atoms with van der Waals surface area (Å²) < 4.78 is 24.5. The Labute approximate surface area is 190 Å². The molecule has 0 saturated heterocycles. The minimum Gasteiger partial charge on any atom is -0.489 e. The fourth-order valence-electron chi connectivity index (χ4n) is 2.20. The molecule has 0 heterocycles. The SMILES string of the molecule is CCOCCCNC(=NCC(=O)N(C)C)NCC(CC)Oc1cccc(F)c1.I. The molecule has 1 atom stereocenters. The summed E-state index contributed by atoms with van der Waals surface area (Å²) in [6, 6.07) is 6.08. The number of halogens is 2. The Morgan fingerprint density at radius 3 is 2.66 bits per heavy atom. The van der Waals surface area contributed by atoms with Gasteiger partial charge in [0, 0.05) is 39.9 Å². The second-order valence-corrected chi connectivity index (χ2v) is 6.42. The van der Waals surface area contributed by atoms with E-state index < -0.39 is 0 Å². The van der Waals surface area contributed by atoms with Crippen LogP contribution in [-0.4, -0.2) is 69.8 Å². The van der Waals surface area contributed by atoms with E-state index in [0.29, 0.717) is 38.0 Å². The Hall–Kier alpha value is -1.62. The highest BCUT2D eigenvalue weighted by atomic mass is 127. The number of hydrogen-bond acceptors (Lipinski definition) is 4. The minimum atomic E-state index is -0.333. The number of likely N-dealkylation sites (N-methyl/N-ethyl adjacent to an activating group) is 1. The molecule has 0 fully saturated rings. The monoisotopic (exact) mass is 524 g/mol. The van der Waals surface area contributed by atoms with E-state index in [-0.39, 0.29) is 48.3 Å². The van der Waals surface area contributed by atoms with E-state index in [2.05, 4.69) is 15.6 Å². The van der Waals surface area contributed by atoms with E-state index in [9.17, 15) is 9.18 Å². The minimum absolute atomic E-state index is 0. The van der Waals surface area contributed by atoms with Crippen molar-refractivity contribution in [3.63, 3.8) is 0 Å². The van der Waals surface area contributed by atoms with Gasteiger partial charge in [-0.2, -0.15) is 0 Å². The van der Waals surface area contributed by atoms with Gasteiger partial charge >= 0.3 is 0 Å². The summed E-state index contributed by atoms with van der Waals surface area (Å²) in [5.41, 5.74) is 0. The van der Waals surface area contributed by atoms with Gasteiger partial charge in [0.25, 0.3) is 0 Å². The third-order valence-corrected chi connectivity index (χ3v) is 3.88. The van der Waals surface area contributed by atoms with Gasteiger partial charge < -0.3 is 25.0 Å². The van der Waals surface area contributed by atoms with Crippen molar-refractivity contribution < 1.29 is 18.7 Å². The molecule has 166 valence electrons. The summed E-state index contributed by atoms with van der Waals surface area (Å²) in [6.45, 7) is 6.49. The van der Waals surface area contributed by atoms with E-state index >= 15 is 0 Å². The highest BCUT2D eigenvalue weighted by Gasteiger charge is 2.11. The van der Waals surface area contributed by atoms with Gasteiger partial charge in [0.15, 0.2) is 5.96 Å². The standard InChI is InChI=1S/C20H33FN4O3.HI/c1-5-17(28-18-10-7-9-16(21)13-18)14-23-20(22-11-8-12-27-6-2)24-15-19(26)25(3)4;/h7,9-10,13,17H,5-6,8,11-12,14-15H2,1-4H3,(H2,22,23,24);1H. The fraction of sp³-hybridized carbons (Fsp3) is 0.600. The number of aliphatic imine (C=N–C) groups is 1. The molecule has 1 aromatic carbocycles. The van der Waals surface area contributed by atoms with E-state index in [0.717, 1.165) is 12.8 Å². The molecule has 0 spiro atoms. The van der Waals surface area contributed by atoms with E-state index in [4.69, 9.17) is 9.47 Å². The first-order chi connectivity index (χ1) is 13.5. The van der Waals surface area contributed by atoms with Gasteiger partial charge in [0.2, 0.25) is 5.91 Å². The second-order valence-electron chi connectivity index (χ2n) is 6.42. The lowest BCUT2D eigenvalue weighted by Gasteiger charge is -2.20. The number of carbonyl (C=O) groups excluding carboxylic acids is 1. The second kappa shape index (κ2) is 16.2. The maximum atomic E-state index is 13.3. The van der Waals surface area contributed by atoms with Gasteiger partial charge in [-0.3, -0.25) is 4.79 Å². The normalized spacial score (nSPS) is 12.0. The summed E-state index contributed by atoms with van der Waals surface area (Å²) >= 11 is 0. The van der Waals surface area contributed by atoms with Crippen molar-refractivity contribution in [2.45, 2.75) is 32.8 Å².